The third-order valence-electron chi connectivity index (χ3n) is 2.52. The molecule has 0 unspecified atom stereocenters. The lowest BCUT2D eigenvalue weighted by Crippen LogP contribution is -1.99. The minimum Gasteiger partial charge on any atom is -0.395 e. The number of para-hydroxylation sites is 1. The Morgan fingerprint density at radius 1 is 1.18 bits per heavy atom. The first-order valence-electron chi connectivity index (χ1n) is 5.15. The number of anilines is 3. The number of halogens is 2. The van der Waals surface area contributed by atoms with E-state index in [0.29, 0.717) is 10.7 Å². The van der Waals surface area contributed by atoms with Crippen molar-refractivity contribution in [3.8, 4) is 0 Å². The Bertz CT molecular complexity index is 555. The Hall–Kier alpha value is -1.74. The summed E-state index contributed by atoms with van der Waals surface area (Å²) in [4.78, 5) is 0. The van der Waals surface area contributed by atoms with Crippen LogP contribution in [0.25, 0.3) is 0 Å². The topological polar surface area (TPSA) is 38.0 Å². The van der Waals surface area contributed by atoms with Gasteiger partial charge in [-0.25, -0.2) is 4.39 Å². The van der Waals surface area contributed by atoms with Gasteiger partial charge in [0.25, 0.3) is 0 Å². The van der Waals surface area contributed by atoms with Crippen molar-refractivity contribution in [1.29, 1.82) is 0 Å². The van der Waals surface area contributed by atoms with Gasteiger partial charge in [-0.2, -0.15) is 0 Å². The van der Waals surface area contributed by atoms with Crippen molar-refractivity contribution in [3.05, 3.63) is 52.8 Å². The first kappa shape index (κ1) is 11.7. The second kappa shape index (κ2) is 4.63. The minimum absolute atomic E-state index is 0.104. The van der Waals surface area contributed by atoms with Crippen LogP contribution in [-0.2, 0) is 0 Å². The first-order chi connectivity index (χ1) is 8.08. The second-order valence-electron chi connectivity index (χ2n) is 3.79. The van der Waals surface area contributed by atoms with Crippen molar-refractivity contribution in [2.45, 2.75) is 6.92 Å². The number of aryl methyl sites for hydroxylation is 1. The molecule has 0 spiro atoms. The van der Waals surface area contributed by atoms with Crippen molar-refractivity contribution in [2.75, 3.05) is 11.1 Å². The van der Waals surface area contributed by atoms with Gasteiger partial charge in [-0.15, -0.1) is 0 Å². The number of nitrogens with one attached hydrogen (secondary N) is 1. The minimum atomic E-state index is -0.435. The standard InChI is InChI=1S/C13H12ClFN2/c1-8-5-6-9(14)7-12(8)17-11-4-2-3-10(15)13(11)16/h2-7,17H,16H2,1H3. The maximum atomic E-state index is 13.3. The van der Waals surface area contributed by atoms with Crippen molar-refractivity contribution >= 4 is 28.7 Å². The molecule has 0 amide bonds. The van der Waals surface area contributed by atoms with Gasteiger partial charge >= 0.3 is 0 Å². The van der Waals surface area contributed by atoms with Crippen LogP contribution in [-0.4, -0.2) is 0 Å². The fraction of sp³-hybridized carbons (Fsp3) is 0.0769. The monoisotopic (exact) mass is 250 g/mol. The van der Waals surface area contributed by atoms with E-state index in [1.165, 1.54) is 6.07 Å². The molecule has 0 aliphatic carbocycles. The molecule has 88 valence electrons. The van der Waals surface area contributed by atoms with E-state index >= 15 is 0 Å². The summed E-state index contributed by atoms with van der Waals surface area (Å²) in [5.41, 5.74) is 8.12. The molecular formula is C13H12ClFN2. The summed E-state index contributed by atoms with van der Waals surface area (Å²) in [5.74, 6) is -0.435. The van der Waals surface area contributed by atoms with E-state index in [0.717, 1.165) is 11.3 Å². The highest BCUT2D eigenvalue weighted by Crippen LogP contribution is 2.28. The maximum Gasteiger partial charge on any atom is 0.148 e. The fourth-order valence-electron chi connectivity index (χ4n) is 1.52. The third kappa shape index (κ3) is 2.50. The Balaban J connectivity index is 2.38. The summed E-state index contributed by atoms with van der Waals surface area (Å²) < 4.78 is 13.3. The van der Waals surface area contributed by atoms with Crippen LogP contribution < -0.4 is 11.1 Å². The highest BCUT2D eigenvalue weighted by molar-refractivity contribution is 6.30. The number of hydrogen-bond acceptors (Lipinski definition) is 2. The lowest BCUT2D eigenvalue weighted by atomic mass is 10.2. The van der Waals surface area contributed by atoms with Crippen LogP contribution in [0.3, 0.4) is 0 Å². The summed E-state index contributed by atoms with van der Waals surface area (Å²) >= 11 is 5.91. The van der Waals surface area contributed by atoms with E-state index < -0.39 is 5.82 Å². The van der Waals surface area contributed by atoms with Crippen LogP contribution in [0.5, 0.6) is 0 Å². The molecule has 2 nitrogen and oxygen atoms in total. The summed E-state index contributed by atoms with van der Waals surface area (Å²) in [6, 6.07) is 10.1. The molecular weight excluding hydrogens is 239 g/mol. The van der Waals surface area contributed by atoms with E-state index in [4.69, 9.17) is 17.3 Å². The van der Waals surface area contributed by atoms with E-state index in [-0.39, 0.29) is 5.69 Å². The zero-order valence-corrected chi connectivity index (χ0v) is 10.1. The molecule has 0 fully saturated rings. The molecule has 4 heteroatoms. The van der Waals surface area contributed by atoms with E-state index in [1.807, 2.05) is 13.0 Å². The van der Waals surface area contributed by atoms with Gasteiger partial charge in [-0.1, -0.05) is 23.7 Å². The molecule has 2 aromatic rings. The second-order valence-corrected chi connectivity index (χ2v) is 4.22. The first-order valence-corrected chi connectivity index (χ1v) is 5.53. The molecule has 2 aromatic carbocycles. The van der Waals surface area contributed by atoms with Gasteiger partial charge in [0.05, 0.1) is 11.4 Å². The van der Waals surface area contributed by atoms with E-state index in [9.17, 15) is 4.39 Å². The van der Waals surface area contributed by atoms with Crippen molar-refractivity contribution < 1.29 is 4.39 Å². The van der Waals surface area contributed by atoms with Crippen LogP contribution in [0.15, 0.2) is 36.4 Å². The number of hydrogen-bond donors (Lipinski definition) is 2. The lowest BCUT2D eigenvalue weighted by Gasteiger charge is -2.12. The largest absolute Gasteiger partial charge is 0.395 e. The molecule has 0 saturated carbocycles. The molecule has 0 heterocycles. The van der Waals surface area contributed by atoms with Crippen molar-refractivity contribution in [1.82, 2.24) is 0 Å². The Labute approximate surface area is 104 Å². The van der Waals surface area contributed by atoms with Crippen LogP contribution in [0.1, 0.15) is 5.56 Å². The van der Waals surface area contributed by atoms with Gasteiger partial charge in [0, 0.05) is 10.7 Å². The molecule has 0 radical (unpaired) electrons. The Kier molecular flexibility index (Phi) is 3.20. The quantitative estimate of drug-likeness (QED) is 0.787. The number of rotatable bonds is 2. The van der Waals surface area contributed by atoms with Crippen molar-refractivity contribution in [2.24, 2.45) is 0 Å². The smallest absolute Gasteiger partial charge is 0.148 e. The van der Waals surface area contributed by atoms with E-state index in [1.54, 1.807) is 24.3 Å². The molecule has 3 N–H and O–H groups in total. The van der Waals surface area contributed by atoms with E-state index in [2.05, 4.69) is 5.32 Å². The Morgan fingerprint density at radius 3 is 2.71 bits per heavy atom. The van der Waals surface area contributed by atoms with Gasteiger partial charge in [0.1, 0.15) is 5.82 Å². The zero-order valence-electron chi connectivity index (χ0n) is 9.30. The average molecular weight is 251 g/mol. The van der Waals surface area contributed by atoms with Crippen LogP contribution in [0, 0.1) is 12.7 Å². The summed E-state index contributed by atoms with van der Waals surface area (Å²) in [7, 11) is 0. The zero-order chi connectivity index (χ0) is 12.4. The predicted molar refractivity (Wildman–Crippen MR) is 70.3 cm³/mol. The van der Waals surface area contributed by atoms with Gasteiger partial charge in [0.2, 0.25) is 0 Å². The van der Waals surface area contributed by atoms with Crippen LogP contribution in [0.2, 0.25) is 5.02 Å². The van der Waals surface area contributed by atoms with Gasteiger partial charge in [0.15, 0.2) is 0 Å². The maximum absolute atomic E-state index is 13.3. The summed E-state index contributed by atoms with van der Waals surface area (Å²) in [6.07, 6.45) is 0. The van der Waals surface area contributed by atoms with Crippen LogP contribution in [0.4, 0.5) is 21.5 Å². The molecule has 0 aliphatic heterocycles. The third-order valence-corrected chi connectivity index (χ3v) is 2.76. The fourth-order valence-corrected chi connectivity index (χ4v) is 1.69. The molecule has 0 bridgehead atoms. The van der Waals surface area contributed by atoms with Gasteiger partial charge < -0.3 is 11.1 Å². The summed E-state index contributed by atoms with van der Waals surface area (Å²) in [6.45, 7) is 1.94. The molecule has 0 aliphatic rings. The summed E-state index contributed by atoms with van der Waals surface area (Å²) in [5, 5.41) is 3.69. The number of nitrogen functional groups attached to an aromatic ring is 1. The molecule has 0 saturated heterocycles. The van der Waals surface area contributed by atoms with Crippen molar-refractivity contribution in [3.63, 3.8) is 0 Å². The molecule has 0 atom stereocenters. The predicted octanol–water partition coefficient (Wildman–Crippen LogP) is 4.11. The lowest BCUT2D eigenvalue weighted by molar-refractivity contribution is 0.633. The molecule has 0 aromatic heterocycles. The number of benzene rings is 2. The van der Waals surface area contributed by atoms with Crippen LogP contribution >= 0.6 is 11.6 Å². The highest BCUT2D eigenvalue weighted by atomic mass is 35.5. The van der Waals surface area contributed by atoms with Gasteiger partial charge in [-0.3, -0.25) is 0 Å². The SMILES string of the molecule is Cc1ccc(Cl)cc1Nc1cccc(F)c1N. The normalized spacial score (nSPS) is 10.3. The highest BCUT2D eigenvalue weighted by Gasteiger charge is 2.06. The van der Waals surface area contributed by atoms with Gasteiger partial charge in [-0.05, 0) is 36.8 Å². The number of nitrogens with two attached hydrogens (primary N) is 1. The Morgan fingerprint density at radius 2 is 1.94 bits per heavy atom. The molecule has 2 rings (SSSR count). The molecule has 17 heavy (non-hydrogen) atoms. The average Bonchev–Trinajstić information content (AvgIpc) is 2.30.